The lowest BCUT2D eigenvalue weighted by atomic mass is 10.2. The molecule has 1 heterocycles. The van der Waals surface area contributed by atoms with E-state index < -0.39 is 0 Å². The number of nitrogens with zero attached hydrogens (tertiary/aromatic N) is 2. The van der Waals surface area contributed by atoms with E-state index in [0.29, 0.717) is 15.9 Å². The molecular formula is C18H12ClN3O2S. The zero-order valence-electron chi connectivity index (χ0n) is 12.9. The molecule has 5 nitrogen and oxygen atoms in total. The fraction of sp³-hybridized carbons (Fsp3) is 0.0556. The summed E-state index contributed by atoms with van der Waals surface area (Å²) in [6, 6.07) is 15.9. The Morgan fingerprint density at radius 1 is 1.24 bits per heavy atom. The zero-order valence-corrected chi connectivity index (χ0v) is 14.4. The maximum Gasteiger partial charge on any atom is 0.259 e. The first-order valence-electron chi connectivity index (χ1n) is 7.28. The number of nitrogens with one attached hydrogen (secondary N) is 1. The number of para-hydroxylation sites is 1. The van der Waals surface area contributed by atoms with Gasteiger partial charge in [-0.25, -0.2) is 4.98 Å². The summed E-state index contributed by atoms with van der Waals surface area (Å²) in [7, 11) is 0. The molecule has 0 bridgehead atoms. The summed E-state index contributed by atoms with van der Waals surface area (Å²) < 4.78 is 0. The van der Waals surface area contributed by atoms with E-state index in [9.17, 15) is 15.2 Å². The highest BCUT2D eigenvalue weighted by atomic mass is 35.5. The van der Waals surface area contributed by atoms with Crippen LogP contribution in [-0.4, -0.2) is 20.8 Å². The predicted octanol–water partition coefficient (Wildman–Crippen LogP) is 4.16. The smallest absolute Gasteiger partial charge is 0.259 e. The Morgan fingerprint density at radius 3 is 2.68 bits per heavy atom. The molecule has 3 rings (SSSR count). The second kappa shape index (κ2) is 7.43. The summed E-state index contributed by atoms with van der Waals surface area (Å²) >= 11 is 7.18. The molecule has 0 unspecified atom stereocenters. The van der Waals surface area contributed by atoms with Gasteiger partial charge in [-0.3, -0.25) is 4.79 Å². The number of hydrogen-bond acceptors (Lipinski definition) is 5. The van der Waals surface area contributed by atoms with E-state index >= 15 is 0 Å². The Balaban J connectivity index is 1.92. The Kier molecular flexibility index (Phi) is 5.08. The number of fused-ring (bicyclic) bond motifs is 1. The monoisotopic (exact) mass is 369 g/mol. The fourth-order valence-electron chi connectivity index (χ4n) is 2.21. The number of allylic oxidation sites excluding steroid dienone is 1. The van der Waals surface area contributed by atoms with Crippen molar-refractivity contribution in [2.45, 2.75) is 4.90 Å². The van der Waals surface area contributed by atoms with E-state index in [4.69, 9.17) is 11.6 Å². The minimum Gasteiger partial charge on any atom is -0.510 e. The molecule has 0 spiro atoms. The molecular weight excluding hydrogens is 358 g/mol. The molecule has 0 atom stereocenters. The van der Waals surface area contributed by atoms with Gasteiger partial charge >= 0.3 is 0 Å². The first-order valence-corrected chi connectivity index (χ1v) is 8.65. The number of nitriles is 1. The Morgan fingerprint density at radius 2 is 1.96 bits per heavy atom. The van der Waals surface area contributed by atoms with Crippen LogP contribution in [0.2, 0.25) is 5.02 Å². The van der Waals surface area contributed by atoms with E-state index in [0.717, 1.165) is 4.90 Å². The van der Waals surface area contributed by atoms with Gasteiger partial charge in [0.15, 0.2) is 5.82 Å². The number of thioether (sulfide) groups is 1. The van der Waals surface area contributed by atoms with Crippen molar-refractivity contribution in [3.8, 4) is 6.07 Å². The molecule has 3 aromatic rings. The van der Waals surface area contributed by atoms with Crippen molar-refractivity contribution in [3.05, 3.63) is 75.5 Å². The van der Waals surface area contributed by atoms with Crippen LogP contribution in [0.15, 0.2) is 64.0 Å². The Bertz CT molecular complexity index is 1050. The number of aliphatic hydroxyl groups excluding tert-OH is 1. The summed E-state index contributed by atoms with van der Waals surface area (Å²) in [5, 5.41) is 20.7. The molecule has 0 saturated carbocycles. The minimum atomic E-state index is -0.355. The van der Waals surface area contributed by atoms with Gasteiger partial charge in [0.25, 0.3) is 5.56 Å². The lowest BCUT2D eigenvalue weighted by Gasteiger charge is -2.06. The molecule has 2 N–H and O–H groups in total. The summed E-state index contributed by atoms with van der Waals surface area (Å²) in [6.07, 6.45) is 0. The molecule has 7 heteroatoms. The molecule has 0 radical (unpaired) electrons. The van der Waals surface area contributed by atoms with E-state index in [1.807, 2.05) is 18.2 Å². The highest BCUT2D eigenvalue weighted by Crippen LogP contribution is 2.24. The van der Waals surface area contributed by atoms with Crippen LogP contribution in [-0.2, 0) is 0 Å². The maximum atomic E-state index is 12.1. The van der Waals surface area contributed by atoms with Gasteiger partial charge in [0, 0.05) is 9.92 Å². The number of hydrogen-bond donors (Lipinski definition) is 2. The van der Waals surface area contributed by atoms with Crippen molar-refractivity contribution in [3.63, 3.8) is 0 Å². The van der Waals surface area contributed by atoms with Crippen LogP contribution in [0.25, 0.3) is 16.5 Å². The van der Waals surface area contributed by atoms with E-state index in [1.54, 1.807) is 36.4 Å². The van der Waals surface area contributed by atoms with Crippen LogP contribution in [0.1, 0.15) is 5.82 Å². The van der Waals surface area contributed by atoms with Crippen molar-refractivity contribution in [2.24, 2.45) is 0 Å². The quantitative estimate of drug-likeness (QED) is 0.409. The largest absolute Gasteiger partial charge is 0.510 e. The topological polar surface area (TPSA) is 89.8 Å². The highest BCUT2D eigenvalue weighted by molar-refractivity contribution is 7.99. The number of aromatic nitrogens is 2. The number of halogens is 1. The van der Waals surface area contributed by atoms with Crippen LogP contribution in [0.4, 0.5) is 0 Å². The van der Waals surface area contributed by atoms with Crippen molar-refractivity contribution < 1.29 is 5.11 Å². The molecule has 124 valence electrons. The summed E-state index contributed by atoms with van der Waals surface area (Å²) in [5.74, 6) is 0.0717. The van der Waals surface area contributed by atoms with Gasteiger partial charge in [-0.2, -0.15) is 5.26 Å². The SMILES string of the molecule is N#CC(=C(O)CSc1ccc(Cl)cc1)c1nc2ccccc2c(=O)[nH]1. The van der Waals surface area contributed by atoms with Crippen molar-refractivity contribution >= 4 is 39.8 Å². The first-order chi connectivity index (χ1) is 12.1. The second-order valence-electron chi connectivity index (χ2n) is 5.11. The molecule has 1 aromatic heterocycles. The third-order valence-electron chi connectivity index (χ3n) is 3.44. The summed E-state index contributed by atoms with van der Waals surface area (Å²) in [5.41, 5.74) is 0.0583. The zero-order chi connectivity index (χ0) is 17.8. The van der Waals surface area contributed by atoms with Crippen LogP contribution < -0.4 is 5.56 Å². The lowest BCUT2D eigenvalue weighted by Crippen LogP contribution is -2.12. The molecule has 0 aliphatic carbocycles. The summed E-state index contributed by atoms with van der Waals surface area (Å²) in [6.45, 7) is 0. The van der Waals surface area contributed by atoms with Gasteiger partial charge in [-0.05, 0) is 36.4 Å². The molecule has 0 aliphatic rings. The molecule has 0 fully saturated rings. The highest BCUT2D eigenvalue weighted by Gasteiger charge is 2.13. The lowest BCUT2D eigenvalue weighted by molar-refractivity contribution is 0.420. The average Bonchev–Trinajstić information content (AvgIpc) is 2.62. The minimum absolute atomic E-state index is 0.0516. The number of benzene rings is 2. The van der Waals surface area contributed by atoms with E-state index in [-0.39, 0.29) is 28.5 Å². The van der Waals surface area contributed by atoms with Gasteiger partial charge in [0.05, 0.1) is 16.7 Å². The standard InChI is InChI=1S/C18H12ClN3O2S/c19-11-5-7-12(8-6-11)25-10-16(23)14(9-20)17-21-15-4-2-1-3-13(15)18(24)22-17/h1-8,23H,10H2,(H,21,22,24). The normalized spacial score (nSPS) is 11.8. The number of rotatable bonds is 4. The van der Waals surface area contributed by atoms with Crippen LogP contribution in [0.3, 0.4) is 0 Å². The predicted molar refractivity (Wildman–Crippen MR) is 99.7 cm³/mol. The Labute approximate surface area is 152 Å². The Hall–Kier alpha value is -2.75. The van der Waals surface area contributed by atoms with Crippen LogP contribution in [0, 0.1) is 11.3 Å². The molecule has 0 aliphatic heterocycles. The molecule has 2 aromatic carbocycles. The van der Waals surface area contributed by atoms with Gasteiger partial charge < -0.3 is 10.1 Å². The van der Waals surface area contributed by atoms with Gasteiger partial charge in [0.1, 0.15) is 17.4 Å². The third-order valence-corrected chi connectivity index (χ3v) is 4.71. The molecule has 25 heavy (non-hydrogen) atoms. The number of aromatic amines is 1. The number of H-pyrrole nitrogens is 1. The average molecular weight is 370 g/mol. The van der Waals surface area contributed by atoms with Crippen molar-refractivity contribution in [2.75, 3.05) is 5.75 Å². The first kappa shape index (κ1) is 17.1. The van der Waals surface area contributed by atoms with Gasteiger partial charge in [-0.15, -0.1) is 11.8 Å². The second-order valence-corrected chi connectivity index (χ2v) is 6.59. The van der Waals surface area contributed by atoms with E-state index in [1.165, 1.54) is 11.8 Å². The number of aliphatic hydroxyl groups is 1. The van der Waals surface area contributed by atoms with Crippen LogP contribution >= 0.6 is 23.4 Å². The van der Waals surface area contributed by atoms with Crippen LogP contribution in [0.5, 0.6) is 0 Å². The van der Waals surface area contributed by atoms with Gasteiger partial charge in [-0.1, -0.05) is 23.7 Å². The molecule has 0 amide bonds. The van der Waals surface area contributed by atoms with Crippen molar-refractivity contribution in [1.29, 1.82) is 5.26 Å². The van der Waals surface area contributed by atoms with Gasteiger partial charge in [0.2, 0.25) is 0 Å². The van der Waals surface area contributed by atoms with E-state index in [2.05, 4.69) is 9.97 Å². The summed E-state index contributed by atoms with van der Waals surface area (Å²) in [4.78, 5) is 19.8. The van der Waals surface area contributed by atoms with Crippen molar-refractivity contribution in [1.82, 2.24) is 9.97 Å². The maximum absolute atomic E-state index is 12.1. The molecule has 0 saturated heterocycles. The fourth-order valence-corrected chi connectivity index (χ4v) is 3.12. The third kappa shape index (κ3) is 3.85.